The van der Waals surface area contributed by atoms with Gasteiger partial charge in [0.1, 0.15) is 5.76 Å². The van der Waals surface area contributed by atoms with Gasteiger partial charge in [-0.15, -0.1) is 0 Å². The number of nitrogens with two attached hydrogens (primary N) is 1. The summed E-state index contributed by atoms with van der Waals surface area (Å²) in [4.78, 5) is 11.9. The largest absolute Gasteiger partial charge is 0.455 e. The molecule has 1 heterocycles. The van der Waals surface area contributed by atoms with E-state index in [4.69, 9.17) is 10.2 Å². The van der Waals surface area contributed by atoms with Gasteiger partial charge >= 0.3 is 0 Å². The number of furan rings is 1. The van der Waals surface area contributed by atoms with E-state index >= 15 is 0 Å². The summed E-state index contributed by atoms with van der Waals surface area (Å²) in [6.07, 6.45) is 4.60. The van der Waals surface area contributed by atoms with Crippen molar-refractivity contribution < 1.29 is 9.21 Å². The van der Waals surface area contributed by atoms with E-state index < -0.39 is 0 Å². The second-order valence-electron chi connectivity index (χ2n) is 4.91. The Labute approximate surface area is 102 Å². The fraction of sp³-hybridized carbons (Fsp3) is 0.615. The van der Waals surface area contributed by atoms with Crippen molar-refractivity contribution in [3.05, 3.63) is 23.7 Å². The van der Waals surface area contributed by atoms with Crippen LogP contribution in [0.5, 0.6) is 0 Å². The van der Waals surface area contributed by atoms with Gasteiger partial charge in [0.25, 0.3) is 5.91 Å². The lowest BCUT2D eigenvalue weighted by Gasteiger charge is -2.27. The highest BCUT2D eigenvalue weighted by atomic mass is 16.4. The Kier molecular flexibility index (Phi) is 3.84. The van der Waals surface area contributed by atoms with Crippen LogP contribution in [0, 0.1) is 5.92 Å². The number of nitrogens with one attached hydrogen (secondary N) is 1. The molecule has 2 atom stereocenters. The zero-order valence-electron chi connectivity index (χ0n) is 10.2. The normalized spacial score (nSPS) is 24.6. The second-order valence-corrected chi connectivity index (χ2v) is 4.91. The quantitative estimate of drug-likeness (QED) is 0.844. The molecule has 0 bridgehead atoms. The van der Waals surface area contributed by atoms with E-state index in [1.807, 2.05) is 0 Å². The van der Waals surface area contributed by atoms with Crippen LogP contribution in [0.2, 0.25) is 0 Å². The number of hydrogen-bond acceptors (Lipinski definition) is 3. The Morgan fingerprint density at radius 1 is 1.53 bits per heavy atom. The Morgan fingerprint density at radius 2 is 2.35 bits per heavy atom. The van der Waals surface area contributed by atoms with Crippen LogP contribution in [0.3, 0.4) is 0 Å². The van der Waals surface area contributed by atoms with E-state index in [0.29, 0.717) is 24.0 Å². The summed E-state index contributed by atoms with van der Waals surface area (Å²) in [5, 5.41) is 3.03. The van der Waals surface area contributed by atoms with E-state index in [2.05, 4.69) is 12.2 Å². The van der Waals surface area contributed by atoms with Crippen molar-refractivity contribution in [1.82, 2.24) is 5.32 Å². The number of carbonyl (C=O) groups is 1. The molecule has 1 fully saturated rings. The van der Waals surface area contributed by atoms with E-state index in [-0.39, 0.29) is 11.9 Å². The summed E-state index contributed by atoms with van der Waals surface area (Å²) in [6.45, 7) is 2.56. The summed E-state index contributed by atoms with van der Waals surface area (Å²) < 4.78 is 5.33. The SMILES string of the molecule is CC1CCCC(NC(=O)c2ccc(CN)o2)C1. The van der Waals surface area contributed by atoms with E-state index in [0.717, 1.165) is 12.8 Å². The minimum Gasteiger partial charge on any atom is -0.455 e. The molecule has 1 aliphatic rings. The first-order chi connectivity index (χ1) is 8.19. The standard InChI is InChI=1S/C13H20N2O2/c1-9-3-2-4-10(7-9)15-13(16)12-6-5-11(8-14)17-12/h5-6,9-10H,2-4,7-8,14H2,1H3,(H,15,16). The maximum Gasteiger partial charge on any atom is 0.287 e. The first-order valence-corrected chi connectivity index (χ1v) is 6.28. The van der Waals surface area contributed by atoms with Gasteiger partial charge in [0.05, 0.1) is 6.54 Å². The lowest BCUT2D eigenvalue weighted by molar-refractivity contribution is 0.0891. The van der Waals surface area contributed by atoms with Crippen molar-refractivity contribution in [2.75, 3.05) is 0 Å². The number of rotatable bonds is 3. The fourth-order valence-corrected chi connectivity index (χ4v) is 2.43. The van der Waals surface area contributed by atoms with E-state index in [1.165, 1.54) is 12.8 Å². The molecule has 4 nitrogen and oxygen atoms in total. The average Bonchev–Trinajstić information content (AvgIpc) is 2.77. The molecule has 0 spiro atoms. The monoisotopic (exact) mass is 236 g/mol. The molecule has 1 aromatic rings. The van der Waals surface area contributed by atoms with Crippen LogP contribution in [0.15, 0.2) is 16.5 Å². The molecule has 17 heavy (non-hydrogen) atoms. The van der Waals surface area contributed by atoms with E-state index in [9.17, 15) is 4.79 Å². The molecule has 1 saturated carbocycles. The van der Waals surface area contributed by atoms with E-state index in [1.54, 1.807) is 12.1 Å². The molecule has 1 aliphatic carbocycles. The third-order valence-electron chi connectivity index (χ3n) is 3.36. The summed E-state index contributed by atoms with van der Waals surface area (Å²) in [7, 11) is 0. The van der Waals surface area contributed by atoms with Crippen molar-refractivity contribution in [2.45, 2.75) is 45.2 Å². The second kappa shape index (κ2) is 5.36. The summed E-state index contributed by atoms with van der Waals surface area (Å²) in [5.74, 6) is 1.59. The molecule has 94 valence electrons. The summed E-state index contributed by atoms with van der Waals surface area (Å²) in [5.41, 5.74) is 5.44. The van der Waals surface area contributed by atoms with Crippen molar-refractivity contribution in [3.8, 4) is 0 Å². The van der Waals surface area contributed by atoms with Crippen molar-refractivity contribution in [1.29, 1.82) is 0 Å². The van der Waals surface area contributed by atoms with Gasteiger partial charge in [-0.1, -0.05) is 19.8 Å². The highest BCUT2D eigenvalue weighted by Crippen LogP contribution is 2.23. The molecule has 0 saturated heterocycles. The number of hydrogen-bond donors (Lipinski definition) is 2. The molecule has 4 heteroatoms. The van der Waals surface area contributed by atoms with Crippen LogP contribution in [0.4, 0.5) is 0 Å². The zero-order valence-corrected chi connectivity index (χ0v) is 10.2. The van der Waals surface area contributed by atoms with Gasteiger partial charge in [-0.2, -0.15) is 0 Å². The molecule has 2 rings (SSSR count). The van der Waals surface area contributed by atoms with Crippen molar-refractivity contribution in [3.63, 3.8) is 0 Å². The van der Waals surface area contributed by atoms with Gasteiger partial charge in [-0.25, -0.2) is 0 Å². The molecule has 1 aromatic heterocycles. The molecule has 3 N–H and O–H groups in total. The Bertz CT molecular complexity index is 387. The van der Waals surface area contributed by atoms with Crippen LogP contribution in [0.1, 0.15) is 48.9 Å². The van der Waals surface area contributed by atoms with Crippen LogP contribution < -0.4 is 11.1 Å². The van der Waals surface area contributed by atoms with Crippen molar-refractivity contribution in [2.24, 2.45) is 11.7 Å². The Hall–Kier alpha value is -1.29. The van der Waals surface area contributed by atoms with Gasteiger partial charge in [-0.05, 0) is 30.9 Å². The van der Waals surface area contributed by atoms with Crippen LogP contribution in [0.25, 0.3) is 0 Å². The predicted octanol–water partition coefficient (Wildman–Crippen LogP) is 2.05. The van der Waals surface area contributed by atoms with Gasteiger partial charge < -0.3 is 15.5 Å². The number of carbonyl (C=O) groups excluding carboxylic acids is 1. The molecule has 1 amide bonds. The highest BCUT2D eigenvalue weighted by molar-refractivity contribution is 5.91. The first kappa shape index (κ1) is 12.2. The molecule has 0 radical (unpaired) electrons. The van der Waals surface area contributed by atoms with Gasteiger partial charge in [0, 0.05) is 6.04 Å². The van der Waals surface area contributed by atoms with Crippen molar-refractivity contribution >= 4 is 5.91 Å². The molecular formula is C13H20N2O2. The third kappa shape index (κ3) is 3.09. The maximum atomic E-state index is 11.9. The molecule has 0 aliphatic heterocycles. The van der Waals surface area contributed by atoms with Crippen LogP contribution in [-0.4, -0.2) is 11.9 Å². The molecule has 0 aromatic carbocycles. The molecular weight excluding hydrogens is 216 g/mol. The van der Waals surface area contributed by atoms with Gasteiger partial charge in [0.2, 0.25) is 0 Å². The Balaban J connectivity index is 1.92. The lowest BCUT2D eigenvalue weighted by Crippen LogP contribution is -2.37. The highest BCUT2D eigenvalue weighted by Gasteiger charge is 2.21. The summed E-state index contributed by atoms with van der Waals surface area (Å²) in [6, 6.07) is 3.72. The first-order valence-electron chi connectivity index (χ1n) is 6.28. The fourth-order valence-electron chi connectivity index (χ4n) is 2.43. The Morgan fingerprint density at radius 3 is 3.00 bits per heavy atom. The van der Waals surface area contributed by atoms with Gasteiger partial charge in [0.15, 0.2) is 5.76 Å². The summed E-state index contributed by atoms with van der Waals surface area (Å²) >= 11 is 0. The predicted molar refractivity (Wildman–Crippen MR) is 65.5 cm³/mol. The topological polar surface area (TPSA) is 68.3 Å². The number of amides is 1. The smallest absolute Gasteiger partial charge is 0.287 e. The minimum atomic E-state index is -0.121. The lowest BCUT2D eigenvalue weighted by atomic mass is 9.87. The van der Waals surface area contributed by atoms with Gasteiger partial charge in [-0.3, -0.25) is 4.79 Å². The zero-order chi connectivity index (χ0) is 12.3. The maximum absolute atomic E-state index is 11.9. The van der Waals surface area contributed by atoms with Crippen LogP contribution >= 0.6 is 0 Å². The van der Waals surface area contributed by atoms with Crippen LogP contribution in [-0.2, 0) is 6.54 Å². The average molecular weight is 236 g/mol. The third-order valence-corrected chi connectivity index (χ3v) is 3.36. The molecule has 2 unspecified atom stereocenters. The minimum absolute atomic E-state index is 0.121.